The van der Waals surface area contributed by atoms with Crippen molar-refractivity contribution < 1.29 is 4.42 Å². The molecule has 242 valence electrons. The van der Waals surface area contributed by atoms with Gasteiger partial charge in [-0.05, 0) is 110 Å². The molecule has 0 unspecified atom stereocenters. The molecule has 9 aromatic rings. The highest BCUT2D eigenvalue weighted by Crippen LogP contribution is 2.51. The molecule has 2 heteroatoms. The lowest BCUT2D eigenvalue weighted by molar-refractivity contribution is 0.660. The molecule has 1 aliphatic carbocycles. The number of rotatable bonds is 5. The molecule has 2 nitrogen and oxygen atoms in total. The first-order valence-corrected chi connectivity index (χ1v) is 17.7. The molecule has 1 aliphatic rings. The summed E-state index contributed by atoms with van der Waals surface area (Å²) in [6.07, 6.45) is 0. The summed E-state index contributed by atoms with van der Waals surface area (Å²) in [7, 11) is 0. The SMILES string of the molecule is CC1(C)c2ccccc2-c2ccc(N(c3ccc(-c4cccc(-c5ccc6ccccc6c5)c4)cc3)c3ccc4c(c3)oc3ccccc34)cc21. The summed E-state index contributed by atoms with van der Waals surface area (Å²) in [6.45, 7) is 4.68. The van der Waals surface area contributed by atoms with Crippen LogP contribution in [-0.4, -0.2) is 0 Å². The van der Waals surface area contributed by atoms with E-state index in [1.54, 1.807) is 0 Å². The quantitative estimate of drug-likeness (QED) is 0.184. The Balaban J connectivity index is 1.07. The zero-order valence-corrected chi connectivity index (χ0v) is 28.6. The van der Waals surface area contributed by atoms with Crippen LogP contribution in [0.2, 0.25) is 0 Å². The predicted molar refractivity (Wildman–Crippen MR) is 214 cm³/mol. The monoisotopic (exact) mass is 653 g/mol. The summed E-state index contributed by atoms with van der Waals surface area (Å²) in [5.41, 5.74) is 15.1. The van der Waals surface area contributed by atoms with E-state index in [-0.39, 0.29) is 5.41 Å². The zero-order valence-electron chi connectivity index (χ0n) is 28.6. The lowest BCUT2D eigenvalue weighted by atomic mass is 9.82. The Morgan fingerprint density at radius 1 is 0.392 bits per heavy atom. The molecule has 0 spiro atoms. The van der Waals surface area contributed by atoms with E-state index in [2.05, 4.69) is 183 Å². The van der Waals surface area contributed by atoms with Crippen molar-refractivity contribution in [1.82, 2.24) is 0 Å². The third-order valence-corrected chi connectivity index (χ3v) is 10.9. The summed E-state index contributed by atoms with van der Waals surface area (Å²) in [5.74, 6) is 0. The van der Waals surface area contributed by atoms with Gasteiger partial charge in [0.1, 0.15) is 11.2 Å². The van der Waals surface area contributed by atoms with Gasteiger partial charge < -0.3 is 9.32 Å². The smallest absolute Gasteiger partial charge is 0.137 e. The molecule has 1 aromatic heterocycles. The van der Waals surface area contributed by atoms with E-state index in [0.717, 1.165) is 39.0 Å². The summed E-state index contributed by atoms with van der Waals surface area (Å²) < 4.78 is 6.39. The fraction of sp³-hybridized carbons (Fsp3) is 0.0612. The molecule has 0 bridgehead atoms. The lowest BCUT2D eigenvalue weighted by Gasteiger charge is -2.28. The molecule has 1 heterocycles. The molecule has 0 saturated heterocycles. The third-order valence-electron chi connectivity index (χ3n) is 10.9. The molecule has 0 saturated carbocycles. The van der Waals surface area contributed by atoms with E-state index < -0.39 is 0 Å². The highest BCUT2D eigenvalue weighted by Gasteiger charge is 2.35. The van der Waals surface area contributed by atoms with Crippen LogP contribution in [0, 0.1) is 0 Å². The topological polar surface area (TPSA) is 16.4 Å². The van der Waals surface area contributed by atoms with Crippen molar-refractivity contribution >= 4 is 49.8 Å². The third kappa shape index (κ3) is 4.79. The van der Waals surface area contributed by atoms with Gasteiger partial charge in [-0.15, -0.1) is 0 Å². The van der Waals surface area contributed by atoms with Crippen LogP contribution in [0.3, 0.4) is 0 Å². The minimum absolute atomic E-state index is 0.101. The van der Waals surface area contributed by atoms with Gasteiger partial charge in [-0.1, -0.05) is 129 Å². The van der Waals surface area contributed by atoms with Crippen LogP contribution in [0.25, 0.3) is 66.1 Å². The van der Waals surface area contributed by atoms with Crippen LogP contribution >= 0.6 is 0 Å². The molecule has 0 atom stereocenters. The molecule has 0 amide bonds. The molecule has 0 N–H and O–H groups in total. The Bertz CT molecular complexity index is 2780. The molecule has 8 aromatic carbocycles. The van der Waals surface area contributed by atoms with Crippen molar-refractivity contribution in [3.05, 3.63) is 187 Å². The van der Waals surface area contributed by atoms with Crippen molar-refractivity contribution in [3.63, 3.8) is 0 Å². The molecule has 10 rings (SSSR count). The summed E-state index contributed by atoms with van der Waals surface area (Å²) in [4.78, 5) is 2.36. The maximum Gasteiger partial charge on any atom is 0.137 e. The summed E-state index contributed by atoms with van der Waals surface area (Å²) >= 11 is 0. The van der Waals surface area contributed by atoms with E-state index in [4.69, 9.17) is 4.42 Å². The number of nitrogens with zero attached hydrogens (tertiary/aromatic N) is 1. The van der Waals surface area contributed by atoms with Crippen LogP contribution in [0.5, 0.6) is 0 Å². The van der Waals surface area contributed by atoms with Crippen LogP contribution < -0.4 is 4.90 Å². The molecular formula is C49H35NO. The Kier molecular flexibility index (Phi) is 6.56. The van der Waals surface area contributed by atoms with E-state index in [1.165, 1.54) is 55.3 Å². The van der Waals surface area contributed by atoms with Gasteiger partial charge in [0.05, 0.1) is 0 Å². The Morgan fingerprint density at radius 3 is 1.90 bits per heavy atom. The highest BCUT2D eigenvalue weighted by atomic mass is 16.3. The van der Waals surface area contributed by atoms with Gasteiger partial charge in [0.2, 0.25) is 0 Å². The number of para-hydroxylation sites is 1. The van der Waals surface area contributed by atoms with E-state index in [0.29, 0.717) is 0 Å². The fourth-order valence-corrected chi connectivity index (χ4v) is 8.18. The molecule has 0 aliphatic heterocycles. The van der Waals surface area contributed by atoms with Crippen molar-refractivity contribution in [1.29, 1.82) is 0 Å². The van der Waals surface area contributed by atoms with Gasteiger partial charge in [0.15, 0.2) is 0 Å². The average molecular weight is 654 g/mol. The second-order valence-electron chi connectivity index (χ2n) is 14.2. The predicted octanol–water partition coefficient (Wildman–Crippen LogP) is 13.8. The van der Waals surface area contributed by atoms with Gasteiger partial charge in [-0.25, -0.2) is 0 Å². The minimum Gasteiger partial charge on any atom is -0.456 e. The van der Waals surface area contributed by atoms with Crippen molar-refractivity contribution in [3.8, 4) is 33.4 Å². The van der Waals surface area contributed by atoms with E-state index in [1.807, 2.05) is 12.1 Å². The maximum atomic E-state index is 6.39. The Morgan fingerprint density at radius 2 is 1.02 bits per heavy atom. The average Bonchev–Trinajstić information content (AvgIpc) is 3.66. The van der Waals surface area contributed by atoms with Gasteiger partial charge in [-0.2, -0.15) is 0 Å². The van der Waals surface area contributed by atoms with Gasteiger partial charge in [0.25, 0.3) is 0 Å². The largest absolute Gasteiger partial charge is 0.456 e. The number of hydrogen-bond donors (Lipinski definition) is 0. The Hall–Kier alpha value is -6.38. The summed E-state index contributed by atoms with van der Waals surface area (Å²) in [5, 5.41) is 4.78. The second kappa shape index (κ2) is 11.3. The molecule has 0 radical (unpaired) electrons. The minimum atomic E-state index is -0.101. The normalized spacial score (nSPS) is 13.1. The number of furan rings is 1. The first kappa shape index (κ1) is 29.5. The van der Waals surface area contributed by atoms with Crippen molar-refractivity contribution in [2.75, 3.05) is 4.90 Å². The number of anilines is 3. The first-order chi connectivity index (χ1) is 25.0. The van der Waals surface area contributed by atoms with Crippen LogP contribution in [0.4, 0.5) is 17.1 Å². The van der Waals surface area contributed by atoms with Crippen LogP contribution in [-0.2, 0) is 5.41 Å². The zero-order chi connectivity index (χ0) is 34.1. The molecular weight excluding hydrogens is 619 g/mol. The van der Waals surface area contributed by atoms with Crippen LogP contribution in [0.1, 0.15) is 25.0 Å². The van der Waals surface area contributed by atoms with Gasteiger partial charge >= 0.3 is 0 Å². The van der Waals surface area contributed by atoms with Gasteiger partial charge in [0, 0.05) is 39.3 Å². The summed E-state index contributed by atoms with van der Waals surface area (Å²) in [6, 6.07) is 63.7. The fourth-order valence-electron chi connectivity index (χ4n) is 8.18. The standard InChI is InChI=1S/C49H35NO/c1-49(2)45-16-7-5-14-41(45)42-26-24-39(30-46(42)49)50(40-25-27-44-43-15-6-8-17-47(43)51-48(44)31-40)38-22-20-33(21-23-38)35-12-9-13-36(28-35)37-19-18-32-10-3-4-11-34(32)29-37/h3-31H,1-2H3. The van der Waals surface area contributed by atoms with E-state index >= 15 is 0 Å². The van der Waals surface area contributed by atoms with E-state index in [9.17, 15) is 0 Å². The highest BCUT2D eigenvalue weighted by molar-refractivity contribution is 6.06. The van der Waals surface area contributed by atoms with Gasteiger partial charge in [-0.3, -0.25) is 0 Å². The molecule has 0 fully saturated rings. The van der Waals surface area contributed by atoms with Crippen LogP contribution in [0.15, 0.2) is 180 Å². The maximum absolute atomic E-state index is 6.39. The number of benzene rings is 8. The first-order valence-electron chi connectivity index (χ1n) is 17.7. The number of hydrogen-bond acceptors (Lipinski definition) is 2. The Labute approximate surface area is 297 Å². The lowest BCUT2D eigenvalue weighted by Crippen LogP contribution is -2.16. The molecule has 51 heavy (non-hydrogen) atoms. The van der Waals surface area contributed by atoms with Crippen molar-refractivity contribution in [2.24, 2.45) is 0 Å². The number of fused-ring (bicyclic) bond motifs is 7. The second-order valence-corrected chi connectivity index (χ2v) is 14.2. The van der Waals surface area contributed by atoms with Crippen molar-refractivity contribution in [2.45, 2.75) is 19.3 Å².